The second-order valence-electron chi connectivity index (χ2n) is 10.0. The van der Waals surface area contributed by atoms with E-state index in [1.807, 2.05) is 48.5 Å². The lowest BCUT2D eigenvalue weighted by Gasteiger charge is -2.38. The summed E-state index contributed by atoms with van der Waals surface area (Å²) in [6.07, 6.45) is 2.06. The number of carbonyl (C=O) groups excluding carboxylic acids is 1. The highest BCUT2D eigenvalue weighted by Crippen LogP contribution is 2.38. The maximum atomic E-state index is 11.8. The molecule has 2 fully saturated rings. The number of hydrogen-bond acceptors (Lipinski definition) is 7. The summed E-state index contributed by atoms with van der Waals surface area (Å²) in [5.41, 5.74) is 3.71. The fourth-order valence-corrected chi connectivity index (χ4v) is 5.11. The number of likely N-dealkylation sites (tertiary alicyclic amines) is 1. The van der Waals surface area contributed by atoms with Crippen molar-refractivity contribution in [3.63, 3.8) is 0 Å². The number of aliphatic carboxylic acids is 1. The minimum absolute atomic E-state index is 0.00236. The van der Waals surface area contributed by atoms with Gasteiger partial charge in [-0.1, -0.05) is 48.5 Å². The van der Waals surface area contributed by atoms with Crippen LogP contribution in [0.5, 0.6) is 0 Å². The highest BCUT2D eigenvalue weighted by atomic mass is 16.7. The van der Waals surface area contributed by atoms with Gasteiger partial charge in [0.25, 0.3) is 0 Å². The summed E-state index contributed by atoms with van der Waals surface area (Å²) in [6, 6.07) is 16.0. The van der Waals surface area contributed by atoms with Crippen LogP contribution in [0.15, 0.2) is 48.5 Å². The molecule has 0 radical (unpaired) electrons. The molecule has 0 unspecified atom stereocenters. The summed E-state index contributed by atoms with van der Waals surface area (Å²) in [5, 5.41) is 20.9. The number of nitrogens with one attached hydrogen (secondary N) is 1. The Morgan fingerprint density at radius 1 is 1.03 bits per heavy atom. The van der Waals surface area contributed by atoms with E-state index in [0.717, 1.165) is 54.6 Å². The average Bonchev–Trinajstić information content (AvgIpc) is 3.37. The van der Waals surface area contributed by atoms with Crippen LogP contribution in [0.1, 0.15) is 66.8 Å². The van der Waals surface area contributed by atoms with Crippen LogP contribution in [-0.2, 0) is 37.0 Å². The zero-order chi connectivity index (χ0) is 26.9. The highest BCUT2D eigenvalue weighted by Gasteiger charge is 2.35. The smallest absolute Gasteiger partial charge is 0.303 e. The number of methoxy groups -OCH3 is 1. The van der Waals surface area contributed by atoms with Crippen LogP contribution >= 0.6 is 0 Å². The van der Waals surface area contributed by atoms with Crippen molar-refractivity contribution in [2.45, 2.75) is 69.8 Å². The number of ether oxygens (including phenoxy) is 3. The largest absolute Gasteiger partial charge is 0.481 e. The molecule has 0 bridgehead atoms. The fourth-order valence-electron chi connectivity index (χ4n) is 5.11. The maximum absolute atomic E-state index is 11.8. The molecular weight excluding hydrogens is 488 g/mol. The zero-order valence-corrected chi connectivity index (χ0v) is 21.9. The molecule has 2 aromatic rings. The lowest BCUT2D eigenvalue weighted by molar-refractivity contribution is -0.253. The SMILES string of the molecule is COC[C@@H]1CCCN1C[C@@H]1C[C@H](c2ccc(CO)cc2)O[C@H](c2ccc(CNC(=O)CCC(=O)O)cc2)O1. The van der Waals surface area contributed by atoms with Gasteiger partial charge in [-0.25, -0.2) is 0 Å². The number of carboxylic acids is 1. The Morgan fingerprint density at radius 2 is 1.74 bits per heavy atom. The average molecular weight is 527 g/mol. The molecule has 1 amide bonds. The van der Waals surface area contributed by atoms with Crippen molar-refractivity contribution in [3.8, 4) is 0 Å². The summed E-state index contributed by atoms with van der Waals surface area (Å²) in [5.74, 6) is -1.28. The summed E-state index contributed by atoms with van der Waals surface area (Å²) >= 11 is 0. The number of carboxylic acid groups (broad SMARTS) is 1. The quantitative estimate of drug-likeness (QED) is 0.386. The maximum Gasteiger partial charge on any atom is 0.303 e. The fraction of sp³-hybridized carbons (Fsp3) is 0.517. The number of nitrogens with zero attached hydrogens (tertiary/aromatic N) is 1. The standard InChI is InChI=1S/C29H38N2O7/c1-36-19-24-3-2-14-31(24)17-25-15-26(22-8-6-21(18-32)7-9-22)38-29(37-25)23-10-4-20(5-11-23)16-30-27(33)12-13-28(34)35/h4-11,24-26,29,32H,2-3,12-19H2,1H3,(H,30,33)(H,34,35)/t24-,25-,26+,29+/m0/s1. The molecule has 2 aliphatic heterocycles. The molecule has 9 nitrogen and oxygen atoms in total. The molecule has 2 aliphatic rings. The zero-order valence-electron chi connectivity index (χ0n) is 21.9. The molecule has 3 N–H and O–H groups in total. The highest BCUT2D eigenvalue weighted by molar-refractivity contribution is 5.80. The molecule has 0 saturated carbocycles. The number of aliphatic hydroxyl groups is 1. The van der Waals surface area contributed by atoms with Crippen LogP contribution in [0.4, 0.5) is 0 Å². The summed E-state index contributed by atoms with van der Waals surface area (Å²) in [4.78, 5) is 25.0. The number of benzene rings is 2. The van der Waals surface area contributed by atoms with Gasteiger partial charge in [-0.2, -0.15) is 0 Å². The van der Waals surface area contributed by atoms with Gasteiger partial charge in [0.2, 0.25) is 5.91 Å². The molecule has 2 heterocycles. The molecule has 38 heavy (non-hydrogen) atoms. The number of carbonyl (C=O) groups is 2. The van der Waals surface area contributed by atoms with E-state index in [1.165, 1.54) is 0 Å². The first kappa shape index (κ1) is 28.2. The van der Waals surface area contributed by atoms with E-state index in [9.17, 15) is 14.7 Å². The number of aliphatic hydroxyl groups excluding tert-OH is 1. The van der Waals surface area contributed by atoms with E-state index in [4.69, 9.17) is 19.3 Å². The molecule has 9 heteroatoms. The van der Waals surface area contributed by atoms with Gasteiger partial charge in [0.15, 0.2) is 6.29 Å². The van der Waals surface area contributed by atoms with E-state index in [2.05, 4.69) is 10.2 Å². The molecule has 0 aliphatic carbocycles. The van der Waals surface area contributed by atoms with Crippen LogP contribution in [0.3, 0.4) is 0 Å². The van der Waals surface area contributed by atoms with Crippen molar-refractivity contribution < 1.29 is 34.0 Å². The Morgan fingerprint density at radius 3 is 2.42 bits per heavy atom. The summed E-state index contributed by atoms with van der Waals surface area (Å²) in [6.45, 7) is 2.88. The molecule has 4 atom stereocenters. The van der Waals surface area contributed by atoms with Crippen molar-refractivity contribution >= 4 is 11.9 Å². The van der Waals surface area contributed by atoms with E-state index in [0.29, 0.717) is 19.2 Å². The monoisotopic (exact) mass is 526 g/mol. The van der Waals surface area contributed by atoms with Gasteiger partial charge in [0.05, 0.1) is 31.8 Å². The van der Waals surface area contributed by atoms with Crippen molar-refractivity contribution in [2.75, 3.05) is 26.8 Å². The number of rotatable bonds is 12. The minimum atomic E-state index is -0.989. The Bertz CT molecular complexity index is 1040. The van der Waals surface area contributed by atoms with Gasteiger partial charge < -0.3 is 29.7 Å². The van der Waals surface area contributed by atoms with Crippen LogP contribution in [0, 0.1) is 0 Å². The van der Waals surface area contributed by atoms with E-state index >= 15 is 0 Å². The van der Waals surface area contributed by atoms with Gasteiger partial charge in [0, 0.05) is 44.6 Å². The van der Waals surface area contributed by atoms with Crippen molar-refractivity contribution in [3.05, 3.63) is 70.8 Å². The van der Waals surface area contributed by atoms with Crippen molar-refractivity contribution in [1.29, 1.82) is 0 Å². The van der Waals surface area contributed by atoms with E-state index < -0.39 is 12.3 Å². The van der Waals surface area contributed by atoms with Gasteiger partial charge >= 0.3 is 5.97 Å². The molecular formula is C29H38N2O7. The van der Waals surface area contributed by atoms with E-state index in [1.54, 1.807) is 7.11 Å². The topological polar surface area (TPSA) is 118 Å². The second kappa shape index (κ2) is 13.8. The first-order valence-electron chi connectivity index (χ1n) is 13.3. The molecule has 0 aromatic heterocycles. The lowest BCUT2D eigenvalue weighted by Crippen LogP contribution is -2.42. The van der Waals surface area contributed by atoms with Gasteiger partial charge in [-0.15, -0.1) is 0 Å². The normalized spacial score (nSPS) is 23.8. The van der Waals surface area contributed by atoms with Crippen LogP contribution in [-0.4, -0.2) is 65.9 Å². The Hall–Kier alpha value is -2.82. The lowest BCUT2D eigenvalue weighted by atomic mass is 9.99. The van der Waals surface area contributed by atoms with Crippen molar-refractivity contribution in [2.24, 2.45) is 0 Å². The Balaban J connectivity index is 1.44. The third kappa shape index (κ3) is 7.85. The molecule has 206 valence electrons. The molecule has 0 spiro atoms. The first-order valence-corrected chi connectivity index (χ1v) is 13.3. The van der Waals surface area contributed by atoms with Gasteiger partial charge in [-0.3, -0.25) is 14.5 Å². The van der Waals surface area contributed by atoms with Gasteiger partial charge in [-0.05, 0) is 36.1 Å². The third-order valence-corrected chi connectivity index (χ3v) is 7.22. The van der Waals surface area contributed by atoms with Crippen LogP contribution < -0.4 is 5.32 Å². The van der Waals surface area contributed by atoms with Crippen LogP contribution in [0.2, 0.25) is 0 Å². The van der Waals surface area contributed by atoms with E-state index in [-0.39, 0.29) is 37.6 Å². The second-order valence-corrected chi connectivity index (χ2v) is 10.0. The van der Waals surface area contributed by atoms with Crippen molar-refractivity contribution in [1.82, 2.24) is 10.2 Å². The Labute approximate surface area is 223 Å². The Kier molecular flexibility index (Phi) is 10.3. The number of hydrogen-bond donors (Lipinski definition) is 3. The first-order chi connectivity index (χ1) is 18.4. The third-order valence-electron chi connectivity index (χ3n) is 7.22. The van der Waals surface area contributed by atoms with Gasteiger partial charge in [0.1, 0.15) is 0 Å². The minimum Gasteiger partial charge on any atom is -0.481 e. The predicted molar refractivity (Wildman–Crippen MR) is 140 cm³/mol. The summed E-state index contributed by atoms with van der Waals surface area (Å²) in [7, 11) is 1.74. The molecule has 2 aromatic carbocycles. The number of amides is 1. The molecule has 2 saturated heterocycles. The predicted octanol–water partition coefficient (Wildman–Crippen LogP) is 3.32. The summed E-state index contributed by atoms with van der Waals surface area (Å²) < 4.78 is 18.4. The molecule has 4 rings (SSSR count). The van der Waals surface area contributed by atoms with Crippen LogP contribution in [0.25, 0.3) is 0 Å².